The number of hydrogen-bond acceptors (Lipinski definition) is 5. The van der Waals surface area contributed by atoms with Crippen molar-refractivity contribution in [1.82, 2.24) is 4.98 Å². The van der Waals surface area contributed by atoms with E-state index in [2.05, 4.69) is 4.98 Å². The first-order valence-corrected chi connectivity index (χ1v) is 8.68. The average Bonchev–Trinajstić information content (AvgIpc) is 2.53. The number of nitrogens with zero attached hydrogens (tertiary/aromatic N) is 1. The van der Waals surface area contributed by atoms with E-state index in [1.165, 1.54) is 30.5 Å². The molecule has 1 aromatic heterocycles. The van der Waals surface area contributed by atoms with Crippen LogP contribution >= 0.6 is 7.60 Å². The lowest BCUT2D eigenvalue weighted by Gasteiger charge is -2.20. The lowest BCUT2D eigenvalue weighted by atomic mass is 10.1. The Morgan fingerprint density at radius 1 is 1.30 bits per heavy atom. The number of carboxylic acid groups (broad SMARTS) is 1. The molecule has 1 aromatic carbocycles. The molecule has 0 aliphatic rings. The van der Waals surface area contributed by atoms with Crippen LogP contribution in [-0.2, 0) is 13.6 Å². The van der Waals surface area contributed by atoms with E-state index in [-0.39, 0.29) is 24.3 Å². The summed E-state index contributed by atoms with van der Waals surface area (Å²) in [6, 6.07) is 5.73. The van der Waals surface area contributed by atoms with Crippen molar-refractivity contribution in [2.45, 2.75) is 19.8 Å². The van der Waals surface area contributed by atoms with Crippen molar-refractivity contribution in [3.8, 4) is 0 Å². The molecule has 1 atom stereocenters. The first kappa shape index (κ1) is 17.5. The first-order valence-electron chi connectivity index (χ1n) is 7.07. The lowest BCUT2D eigenvalue weighted by molar-refractivity contribution is 0.0697. The van der Waals surface area contributed by atoms with Gasteiger partial charge in [-0.2, -0.15) is 0 Å². The van der Waals surface area contributed by atoms with Gasteiger partial charge in [-0.05, 0) is 38.1 Å². The molecular formula is C15H17FNO5P. The van der Waals surface area contributed by atoms with Crippen molar-refractivity contribution in [1.29, 1.82) is 0 Å². The van der Waals surface area contributed by atoms with Crippen LogP contribution in [0.4, 0.5) is 4.39 Å². The molecule has 0 aliphatic carbocycles. The number of carbonyl (C=O) groups is 1. The number of aromatic nitrogens is 1. The molecule has 1 heterocycles. The fourth-order valence-corrected chi connectivity index (χ4v) is 3.68. The molecule has 6 nitrogen and oxygen atoms in total. The topological polar surface area (TPSA) is 85.7 Å². The first-order chi connectivity index (χ1) is 10.9. The predicted molar refractivity (Wildman–Crippen MR) is 83.4 cm³/mol. The van der Waals surface area contributed by atoms with Crippen molar-refractivity contribution >= 4 is 24.5 Å². The molecule has 2 aromatic rings. The van der Waals surface area contributed by atoms with Gasteiger partial charge in [-0.3, -0.25) is 9.55 Å². The molecule has 2 rings (SSSR count). The van der Waals surface area contributed by atoms with Crippen LogP contribution in [0.25, 0.3) is 10.9 Å². The van der Waals surface area contributed by atoms with E-state index in [9.17, 15) is 13.8 Å². The van der Waals surface area contributed by atoms with Crippen molar-refractivity contribution in [2.75, 3.05) is 13.2 Å². The van der Waals surface area contributed by atoms with Gasteiger partial charge in [0.1, 0.15) is 0 Å². The Balaban J connectivity index is 2.45. The molecule has 0 amide bonds. The van der Waals surface area contributed by atoms with Gasteiger partial charge < -0.3 is 14.2 Å². The molecule has 0 fully saturated rings. The molecule has 23 heavy (non-hydrogen) atoms. The van der Waals surface area contributed by atoms with Crippen molar-refractivity contribution in [3.05, 3.63) is 41.6 Å². The van der Waals surface area contributed by atoms with E-state index in [4.69, 9.17) is 14.2 Å². The molecule has 1 N–H and O–H groups in total. The minimum absolute atomic E-state index is 0.0188. The van der Waals surface area contributed by atoms with Crippen LogP contribution in [0, 0.1) is 0 Å². The van der Waals surface area contributed by atoms with E-state index < -0.39 is 19.5 Å². The monoisotopic (exact) mass is 341 g/mol. The fraction of sp³-hybridized carbons (Fsp3) is 0.333. The summed E-state index contributed by atoms with van der Waals surface area (Å²) >= 11 is 0. The highest BCUT2D eigenvalue weighted by Crippen LogP contribution is 2.61. The van der Waals surface area contributed by atoms with E-state index in [0.29, 0.717) is 10.9 Å². The summed E-state index contributed by atoms with van der Waals surface area (Å²) in [4.78, 5) is 15.1. The fourth-order valence-electron chi connectivity index (χ4n) is 2.12. The van der Waals surface area contributed by atoms with E-state index in [0.717, 1.165) is 0 Å². The maximum atomic E-state index is 14.7. The Hall–Kier alpha value is -1.82. The SMILES string of the molecule is CCOP(=O)(OCC)C(F)c1cnc2ccc(C(=O)O)cc2c1. The van der Waals surface area contributed by atoms with Crippen LogP contribution in [-0.4, -0.2) is 29.3 Å². The Bertz CT molecular complexity index is 757. The summed E-state index contributed by atoms with van der Waals surface area (Å²) < 4.78 is 37.2. The molecule has 0 spiro atoms. The third-order valence-electron chi connectivity index (χ3n) is 3.12. The number of benzene rings is 1. The standard InChI is InChI=1S/C15H17FNO5P/c1-3-21-23(20,22-4-2)14(16)12-8-11-7-10(15(18)19)5-6-13(11)17-9-12/h5-9,14H,3-4H2,1-2H3,(H,18,19). The van der Waals surface area contributed by atoms with Gasteiger partial charge in [-0.25, -0.2) is 9.18 Å². The molecule has 0 saturated heterocycles. The van der Waals surface area contributed by atoms with Gasteiger partial charge in [0.25, 0.3) is 0 Å². The van der Waals surface area contributed by atoms with Gasteiger partial charge in [0, 0.05) is 17.1 Å². The minimum atomic E-state index is -3.96. The van der Waals surface area contributed by atoms with Crippen LogP contribution in [0.15, 0.2) is 30.5 Å². The average molecular weight is 341 g/mol. The molecule has 8 heteroatoms. The maximum Gasteiger partial charge on any atom is 0.369 e. The van der Waals surface area contributed by atoms with Crippen LogP contribution in [0.5, 0.6) is 0 Å². The number of hydrogen-bond donors (Lipinski definition) is 1. The summed E-state index contributed by atoms with van der Waals surface area (Å²) in [6.45, 7) is 3.27. The zero-order valence-electron chi connectivity index (χ0n) is 12.7. The van der Waals surface area contributed by atoms with Crippen molar-refractivity contribution in [2.24, 2.45) is 0 Å². The van der Waals surface area contributed by atoms with E-state index >= 15 is 0 Å². The zero-order chi connectivity index (χ0) is 17.0. The van der Waals surface area contributed by atoms with E-state index in [1.807, 2.05) is 0 Å². The van der Waals surface area contributed by atoms with Crippen LogP contribution in [0.1, 0.15) is 35.7 Å². The molecule has 0 saturated carbocycles. The van der Waals surface area contributed by atoms with Gasteiger partial charge in [0.05, 0.1) is 24.3 Å². The Kier molecular flexibility index (Phi) is 5.46. The summed E-state index contributed by atoms with van der Waals surface area (Å²) in [5, 5.41) is 9.45. The summed E-state index contributed by atoms with van der Waals surface area (Å²) in [5.74, 6) is -3.09. The largest absolute Gasteiger partial charge is 0.478 e. The second-order valence-corrected chi connectivity index (χ2v) is 6.74. The second-order valence-electron chi connectivity index (χ2n) is 4.69. The normalized spacial score (nSPS) is 13.2. The van der Waals surface area contributed by atoms with Gasteiger partial charge in [-0.15, -0.1) is 0 Å². The lowest BCUT2D eigenvalue weighted by Crippen LogP contribution is -2.03. The number of aromatic carboxylic acids is 1. The number of carboxylic acids is 1. The summed E-state index contributed by atoms with van der Waals surface area (Å²) in [7, 11) is -3.96. The molecule has 0 radical (unpaired) electrons. The highest BCUT2D eigenvalue weighted by Gasteiger charge is 2.37. The smallest absolute Gasteiger partial charge is 0.369 e. The molecular weight excluding hydrogens is 324 g/mol. The number of pyridine rings is 1. The zero-order valence-corrected chi connectivity index (χ0v) is 13.6. The van der Waals surface area contributed by atoms with Crippen molar-refractivity contribution < 1.29 is 27.9 Å². The number of fused-ring (bicyclic) bond motifs is 1. The maximum absolute atomic E-state index is 14.7. The van der Waals surface area contributed by atoms with Crippen LogP contribution in [0.2, 0.25) is 0 Å². The quantitative estimate of drug-likeness (QED) is 0.761. The van der Waals surface area contributed by atoms with Crippen LogP contribution < -0.4 is 0 Å². The molecule has 1 unspecified atom stereocenters. The molecule has 124 valence electrons. The summed E-state index contributed by atoms with van der Waals surface area (Å²) in [6.07, 6.45) is 1.25. The van der Waals surface area contributed by atoms with E-state index in [1.54, 1.807) is 13.8 Å². The minimum Gasteiger partial charge on any atom is -0.478 e. The van der Waals surface area contributed by atoms with Crippen molar-refractivity contribution in [3.63, 3.8) is 0 Å². The number of rotatable bonds is 7. The Morgan fingerprint density at radius 3 is 2.52 bits per heavy atom. The number of halogens is 1. The van der Waals surface area contributed by atoms with Gasteiger partial charge in [0.2, 0.25) is 5.91 Å². The third-order valence-corrected chi connectivity index (χ3v) is 5.21. The molecule has 0 bridgehead atoms. The Morgan fingerprint density at radius 2 is 1.96 bits per heavy atom. The summed E-state index contributed by atoms with van der Waals surface area (Å²) in [5.41, 5.74) is 0.587. The van der Waals surface area contributed by atoms with Gasteiger partial charge in [-0.1, -0.05) is 0 Å². The molecule has 0 aliphatic heterocycles. The van der Waals surface area contributed by atoms with Gasteiger partial charge in [0.15, 0.2) is 0 Å². The van der Waals surface area contributed by atoms with Gasteiger partial charge >= 0.3 is 13.6 Å². The third kappa shape index (κ3) is 3.75. The highest BCUT2D eigenvalue weighted by atomic mass is 31.2. The van der Waals surface area contributed by atoms with Crippen LogP contribution in [0.3, 0.4) is 0 Å². The number of alkyl halides is 1. The highest BCUT2D eigenvalue weighted by molar-refractivity contribution is 7.54. The second kappa shape index (κ2) is 7.17. The Labute approximate surface area is 132 Å². The predicted octanol–water partition coefficient (Wildman–Crippen LogP) is 4.17.